The van der Waals surface area contributed by atoms with Crippen molar-refractivity contribution in [3.05, 3.63) is 77.9 Å². The summed E-state index contributed by atoms with van der Waals surface area (Å²) in [6.45, 7) is 2.21. The molecule has 1 unspecified atom stereocenters. The molecular weight excluding hydrogens is 316 g/mol. The second-order valence-corrected chi connectivity index (χ2v) is 6.12. The monoisotopic (exact) mass is 334 g/mol. The lowest BCUT2D eigenvalue weighted by Crippen LogP contribution is -2.27. The number of benzene rings is 2. The molecule has 0 bridgehead atoms. The van der Waals surface area contributed by atoms with Crippen LogP contribution in [0, 0.1) is 6.92 Å². The van der Waals surface area contributed by atoms with Crippen molar-refractivity contribution in [3.63, 3.8) is 0 Å². The first-order chi connectivity index (χ1) is 12.2. The first-order valence-electron chi connectivity index (χ1n) is 8.20. The van der Waals surface area contributed by atoms with Crippen LogP contribution in [0.4, 0.5) is 0 Å². The van der Waals surface area contributed by atoms with Crippen LogP contribution in [0.25, 0.3) is 5.69 Å². The molecule has 2 aromatic carbocycles. The molecule has 3 aromatic rings. The van der Waals surface area contributed by atoms with Crippen molar-refractivity contribution in [3.8, 4) is 11.4 Å². The fraction of sp³-hybridized carbons (Fsp3) is 0.200. The summed E-state index contributed by atoms with van der Waals surface area (Å²) in [6.07, 6.45) is 5.37. The average Bonchev–Trinajstić information content (AvgIpc) is 3.30. The van der Waals surface area contributed by atoms with Crippen LogP contribution >= 0.6 is 0 Å². The Morgan fingerprint density at radius 3 is 2.84 bits per heavy atom. The van der Waals surface area contributed by atoms with Gasteiger partial charge in [0.2, 0.25) is 0 Å². The molecule has 1 aromatic heterocycles. The second-order valence-electron chi connectivity index (χ2n) is 6.12. The average molecular weight is 334 g/mol. The lowest BCUT2D eigenvalue weighted by Gasteiger charge is -2.11. The van der Waals surface area contributed by atoms with Gasteiger partial charge in [-0.05, 0) is 35.7 Å². The molecule has 0 fully saturated rings. The normalized spacial score (nSPS) is 15.5. The number of rotatable bonds is 4. The Morgan fingerprint density at radius 1 is 1.28 bits per heavy atom. The van der Waals surface area contributed by atoms with Gasteiger partial charge >= 0.3 is 5.97 Å². The molecule has 5 nitrogen and oxygen atoms in total. The Balaban J connectivity index is 1.36. The first kappa shape index (κ1) is 15.4. The number of esters is 1. The van der Waals surface area contributed by atoms with Crippen LogP contribution in [0.15, 0.2) is 61.2 Å². The molecule has 0 radical (unpaired) electrons. The number of hydrogen-bond donors (Lipinski definition) is 0. The Kier molecular flexibility index (Phi) is 3.98. The highest BCUT2D eigenvalue weighted by Gasteiger charge is 2.31. The highest BCUT2D eigenvalue weighted by Crippen LogP contribution is 2.32. The van der Waals surface area contributed by atoms with Gasteiger partial charge in [-0.15, -0.1) is 0 Å². The fourth-order valence-electron chi connectivity index (χ4n) is 2.98. The van der Waals surface area contributed by atoms with Crippen LogP contribution in [0.2, 0.25) is 0 Å². The Labute approximate surface area is 145 Å². The molecule has 25 heavy (non-hydrogen) atoms. The van der Waals surface area contributed by atoms with Crippen LogP contribution in [-0.2, 0) is 22.6 Å². The maximum absolute atomic E-state index is 12.3. The van der Waals surface area contributed by atoms with Crippen LogP contribution in [0.1, 0.15) is 16.7 Å². The maximum atomic E-state index is 12.3. The van der Waals surface area contributed by atoms with Gasteiger partial charge in [0.1, 0.15) is 12.4 Å². The molecule has 0 amide bonds. The molecule has 1 aliphatic rings. The van der Waals surface area contributed by atoms with E-state index < -0.39 is 6.10 Å². The number of hydrogen-bond acceptors (Lipinski definition) is 4. The van der Waals surface area contributed by atoms with Gasteiger partial charge in [-0.2, -0.15) is 0 Å². The third-order valence-electron chi connectivity index (χ3n) is 4.34. The van der Waals surface area contributed by atoms with Crippen molar-refractivity contribution in [2.24, 2.45) is 0 Å². The molecule has 5 heteroatoms. The number of carbonyl (C=O) groups excluding carboxylic acids is 1. The quantitative estimate of drug-likeness (QED) is 0.688. The van der Waals surface area contributed by atoms with Gasteiger partial charge in [-0.3, -0.25) is 0 Å². The molecule has 0 saturated heterocycles. The van der Waals surface area contributed by atoms with Crippen LogP contribution in [0.3, 0.4) is 0 Å². The molecular formula is C20H18N2O3. The number of aromatic nitrogens is 2. The summed E-state index contributed by atoms with van der Waals surface area (Å²) in [5.74, 6) is 0.489. The van der Waals surface area contributed by atoms with Crippen molar-refractivity contribution in [2.75, 3.05) is 0 Å². The summed E-state index contributed by atoms with van der Waals surface area (Å²) < 4.78 is 13.1. The van der Waals surface area contributed by atoms with Crippen molar-refractivity contribution in [1.29, 1.82) is 0 Å². The molecule has 0 spiro atoms. The van der Waals surface area contributed by atoms with E-state index in [1.165, 1.54) is 0 Å². The number of ether oxygens (including phenoxy) is 2. The largest absolute Gasteiger partial charge is 0.478 e. The van der Waals surface area contributed by atoms with Crippen LogP contribution < -0.4 is 4.74 Å². The van der Waals surface area contributed by atoms with Crippen LogP contribution in [-0.4, -0.2) is 21.6 Å². The number of aryl methyl sites for hydroxylation is 1. The van der Waals surface area contributed by atoms with Gasteiger partial charge in [-0.25, -0.2) is 9.78 Å². The SMILES string of the molecule is Cc1cccc2c1OC(C(=O)OCc1ccc(-n3ccnc3)cc1)C2. The summed E-state index contributed by atoms with van der Waals surface area (Å²) in [5, 5.41) is 0. The molecule has 1 aliphatic heterocycles. The standard InChI is InChI=1S/C20H18N2O3/c1-14-3-2-4-16-11-18(25-19(14)16)20(23)24-12-15-5-7-17(8-6-15)22-10-9-21-13-22/h2-10,13,18H,11-12H2,1H3. The van der Waals surface area contributed by atoms with E-state index in [0.29, 0.717) is 6.42 Å². The maximum Gasteiger partial charge on any atom is 0.348 e. The Morgan fingerprint density at radius 2 is 2.12 bits per heavy atom. The van der Waals surface area contributed by atoms with Gasteiger partial charge in [0.05, 0.1) is 6.33 Å². The summed E-state index contributed by atoms with van der Waals surface area (Å²) in [6, 6.07) is 13.8. The minimum absolute atomic E-state index is 0.234. The number of imidazole rings is 1. The zero-order chi connectivity index (χ0) is 17.2. The summed E-state index contributed by atoms with van der Waals surface area (Å²) in [7, 11) is 0. The fourth-order valence-corrected chi connectivity index (χ4v) is 2.98. The molecule has 0 saturated carbocycles. The number of nitrogens with zero attached hydrogens (tertiary/aromatic N) is 2. The molecule has 0 aliphatic carbocycles. The van der Waals surface area contributed by atoms with Gasteiger partial charge in [0.15, 0.2) is 6.10 Å². The minimum Gasteiger partial charge on any atom is -0.478 e. The van der Waals surface area contributed by atoms with Crippen molar-refractivity contribution < 1.29 is 14.3 Å². The van der Waals surface area contributed by atoms with E-state index >= 15 is 0 Å². The smallest absolute Gasteiger partial charge is 0.348 e. The van der Waals surface area contributed by atoms with E-state index in [2.05, 4.69) is 4.98 Å². The first-order valence-corrected chi connectivity index (χ1v) is 8.20. The highest BCUT2D eigenvalue weighted by atomic mass is 16.6. The summed E-state index contributed by atoms with van der Waals surface area (Å²) in [4.78, 5) is 16.3. The van der Waals surface area contributed by atoms with E-state index in [-0.39, 0.29) is 12.6 Å². The minimum atomic E-state index is -0.554. The molecule has 1 atom stereocenters. The third-order valence-corrected chi connectivity index (χ3v) is 4.34. The Hall–Kier alpha value is -3.08. The van der Waals surface area contributed by atoms with Gasteiger partial charge < -0.3 is 14.0 Å². The lowest BCUT2D eigenvalue weighted by molar-refractivity contribution is -0.152. The lowest BCUT2D eigenvalue weighted by atomic mass is 10.1. The second kappa shape index (κ2) is 6.43. The number of fused-ring (bicyclic) bond motifs is 1. The van der Waals surface area contributed by atoms with Gasteiger partial charge in [-0.1, -0.05) is 30.3 Å². The van der Waals surface area contributed by atoms with Crippen LogP contribution in [0.5, 0.6) is 5.75 Å². The van der Waals surface area contributed by atoms with Crippen molar-refractivity contribution in [2.45, 2.75) is 26.1 Å². The molecule has 4 rings (SSSR count). The molecule has 0 N–H and O–H groups in total. The third kappa shape index (κ3) is 3.13. The van der Waals surface area contributed by atoms with E-state index in [0.717, 1.165) is 28.1 Å². The molecule has 2 heterocycles. The molecule has 126 valence electrons. The predicted octanol–water partition coefficient (Wildman–Crippen LogP) is 3.23. The van der Waals surface area contributed by atoms with E-state index in [1.807, 2.05) is 60.2 Å². The van der Waals surface area contributed by atoms with Gasteiger partial charge in [0, 0.05) is 24.5 Å². The number of para-hydroxylation sites is 1. The summed E-state index contributed by atoms with van der Waals surface area (Å²) >= 11 is 0. The Bertz CT molecular complexity index is 886. The highest BCUT2D eigenvalue weighted by molar-refractivity contribution is 5.77. The van der Waals surface area contributed by atoms with E-state index in [4.69, 9.17) is 9.47 Å². The van der Waals surface area contributed by atoms with Crippen molar-refractivity contribution >= 4 is 5.97 Å². The van der Waals surface area contributed by atoms with Gasteiger partial charge in [0.25, 0.3) is 0 Å². The number of carbonyl (C=O) groups is 1. The van der Waals surface area contributed by atoms with E-state index in [9.17, 15) is 4.79 Å². The topological polar surface area (TPSA) is 53.4 Å². The predicted molar refractivity (Wildman–Crippen MR) is 92.7 cm³/mol. The zero-order valence-electron chi connectivity index (χ0n) is 13.9. The van der Waals surface area contributed by atoms with E-state index in [1.54, 1.807) is 12.5 Å². The zero-order valence-corrected chi connectivity index (χ0v) is 13.9. The summed E-state index contributed by atoms with van der Waals surface area (Å²) in [5.41, 5.74) is 4.05. The van der Waals surface area contributed by atoms with Crippen molar-refractivity contribution in [1.82, 2.24) is 9.55 Å².